The summed E-state index contributed by atoms with van der Waals surface area (Å²) < 4.78 is 0.759. The minimum Gasteiger partial charge on any atom is -0.340 e. The zero-order valence-electron chi connectivity index (χ0n) is 11.0. The molecule has 4 heteroatoms. The number of nitrogens with zero attached hydrogens (tertiary/aromatic N) is 1. The molecule has 0 radical (unpaired) electrons. The van der Waals surface area contributed by atoms with Crippen molar-refractivity contribution < 1.29 is 4.79 Å². The van der Waals surface area contributed by atoms with Gasteiger partial charge in [-0.25, -0.2) is 0 Å². The molecule has 1 amide bonds. The lowest BCUT2D eigenvalue weighted by atomic mass is 10.1. The molecule has 2 nitrogen and oxygen atoms in total. The lowest BCUT2D eigenvalue weighted by Gasteiger charge is -2.17. The van der Waals surface area contributed by atoms with Crippen LogP contribution in [-0.4, -0.2) is 17.9 Å². The monoisotopic (exact) mass is 293 g/mol. The lowest BCUT2D eigenvalue weighted by Crippen LogP contribution is -2.27. The molecule has 0 bridgehead atoms. The van der Waals surface area contributed by atoms with Crippen molar-refractivity contribution in [1.29, 1.82) is 0 Å². The third-order valence-corrected chi connectivity index (χ3v) is 4.27. The second-order valence-electron chi connectivity index (χ2n) is 4.56. The summed E-state index contributed by atoms with van der Waals surface area (Å²) in [6.07, 6.45) is 0.447. The van der Waals surface area contributed by atoms with Crippen LogP contribution >= 0.6 is 22.9 Å². The molecule has 0 aliphatic rings. The summed E-state index contributed by atoms with van der Waals surface area (Å²) in [5.41, 5.74) is 2.24. The molecule has 2 aromatic rings. The van der Waals surface area contributed by atoms with E-state index in [1.165, 1.54) is 11.3 Å². The minimum atomic E-state index is 0.124. The van der Waals surface area contributed by atoms with Gasteiger partial charge in [0.1, 0.15) is 0 Å². The van der Waals surface area contributed by atoms with Crippen molar-refractivity contribution in [2.75, 3.05) is 7.05 Å². The molecule has 0 saturated carbocycles. The Hall–Kier alpha value is -1.32. The summed E-state index contributed by atoms with van der Waals surface area (Å²) in [5.74, 6) is 0.124. The maximum absolute atomic E-state index is 12.2. The molecule has 0 spiro atoms. The van der Waals surface area contributed by atoms with Crippen LogP contribution in [0, 0.1) is 6.92 Å². The summed E-state index contributed by atoms with van der Waals surface area (Å²) in [7, 11) is 1.83. The Morgan fingerprint density at radius 1 is 1.26 bits per heavy atom. The predicted octanol–water partition coefficient (Wildman–Crippen LogP) is 3.91. The van der Waals surface area contributed by atoms with Crippen molar-refractivity contribution in [1.82, 2.24) is 4.90 Å². The van der Waals surface area contributed by atoms with Gasteiger partial charge in [-0.1, -0.05) is 35.9 Å². The number of thiophene rings is 1. The number of carbonyl (C=O) groups is 1. The fourth-order valence-corrected chi connectivity index (χ4v) is 3.01. The zero-order valence-corrected chi connectivity index (χ0v) is 12.6. The maximum atomic E-state index is 12.2. The first-order valence-corrected chi connectivity index (χ1v) is 7.28. The van der Waals surface area contributed by atoms with Crippen LogP contribution in [0.15, 0.2) is 36.4 Å². The Bertz CT molecular complexity index is 579. The van der Waals surface area contributed by atoms with Gasteiger partial charge >= 0.3 is 0 Å². The molecule has 2 rings (SSSR count). The number of rotatable bonds is 4. The van der Waals surface area contributed by atoms with Gasteiger partial charge < -0.3 is 4.90 Å². The molecule has 1 heterocycles. The van der Waals surface area contributed by atoms with Gasteiger partial charge in [-0.15, -0.1) is 11.3 Å². The number of benzene rings is 1. The van der Waals surface area contributed by atoms with E-state index in [1.807, 2.05) is 50.4 Å². The Morgan fingerprint density at radius 3 is 2.63 bits per heavy atom. The molecule has 0 fully saturated rings. The van der Waals surface area contributed by atoms with Gasteiger partial charge in [0, 0.05) is 11.9 Å². The molecule has 1 aromatic carbocycles. The average Bonchev–Trinajstić information content (AvgIpc) is 2.77. The lowest BCUT2D eigenvalue weighted by molar-refractivity contribution is -0.129. The molecular weight excluding hydrogens is 278 g/mol. The predicted molar refractivity (Wildman–Crippen MR) is 80.7 cm³/mol. The number of halogens is 1. The number of hydrogen-bond acceptors (Lipinski definition) is 2. The maximum Gasteiger partial charge on any atom is 0.227 e. The van der Waals surface area contributed by atoms with E-state index in [2.05, 4.69) is 0 Å². The van der Waals surface area contributed by atoms with Gasteiger partial charge in [0.15, 0.2) is 0 Å². The van der Waals surface area contributed by atoms with E-state index < -0.39 is 0 Å². The van der Waals surface area contributed by atoms with E-state index >= 15 is 0 Å². The van der Waals surface area contributed by atoms with Crippen LogP contribution in [0.25, 0.3) is 0 Å². The molecule has 0 unspecified atom stereocenters. The van der Waals surface area contributed by atoms with E-state index in [9.17, 15) is 4.79 Å². The Labute approximate surface area is 122 Å². The van der Waals surface area contributed by atoms with Gasteiger partial charge in [0.25, 0.3) is 0 Å². The SMILES string of the molecule is Cc1ccccc1CC(=O)N(C)Cc1ccc(Cl)s1. The van der Waals surface area contributed by atoms with Crippen molar-refractivity contribution in [2.45, 2.75) is 19.9 Å². The van der Waals surface area contributed by atoms with Crippen LogP contribution in [-0.2, 0) is 17.8 Å². The first kappa shape index (κ1) is 14.1. The molecular formula is C15H16ClNOS. The molecule has 100 valence electrons. The van der Waals surface area contributed by atoms with Crippen LogP contribution in [0.2, 0.25) is 4.34 Å². The number of aryl methyl sites for hydroxylation is 1. The van der Waals surface area contributed by atoms with Crippen molar-refractivity contribution in [2.24, 2.45) is 0 Å². The Balaban J connectivity index is 1.98. The molecule has 0 saturated heterocycles. The van der Waals surface area contributed by atoms with Gasteiger partial charge in [-0.05, 0) is 30.2 Å². The molecule has 0 N–H and O–H groups in total. The summed E-state index contributed by atoms with van der Waals surface area (Å²) >= 11 is 7.40. The van der Waals surface area contributed by atoms with Crippen LogP contribution in [0.4, 0.5) is 0 Å². The van der Waals surface area contributed by atoms with Crippen LogP contribution < -0.4 is 0 Å². The van der Waals surface area contributed by atoms with Gasteiger partial charge in [0.2, 0.25) is 5.91 Å². The van der Waals surface area contributed by atoms with E-state index in [0.717, 1.165) is 20.3 Å². The van der Waals surface area contributed by atoms with Gasteiger partial charge in [-0.3, -0.25) is 4.79 Å². The molecule has 0 aliphatic heterocycles. The number of amides is 1. The second-order valence-corrected chi connectivity index (χ2v) is 6.36. The first-order valence-electron chi connectivity index (χ1n) is 6.09. The minimum absolute atomic E-state index is 0.124. The standard InChI is InChI=1S/C15H16ClNOS/c1-11-5-3-4-6-12(11)9-15(18)17(2)10-13-7-8-14(16)19-13/h3-8H,9-10H2,1-2H3. The highest BCUT2D eigenvalue weighted by molar-refractivity contribution is 7.16. The molecule has 0 atom stereocenters. The fraction of sp³-hybridized carbons (Fsp3) is 0.267. The highest BCUT2D eigenvalue weighted by Crippen LogP contribution is 2.22. The Kier molecular flexibility index (Phi) is 4.61. The molecule has 0 aliphatic carbocycles. The molecule has 19 heavy (non-hydrogen) atoms. The first-order chi connectivity index (χ1) is 9.06. The summed E-state index contributed by atoms with van der Waals surface area (Å²) in [5, 5.41) is 0. The zero-order chi connectivity index (χ0) is 13.8. The summed E-state index contributed by atoms with van der Waals surface area (Å²) in [6.45, 7) is 2.64. The third-order valence-electron chi connectivity index (χ3n) is 3.05. The van der Waals surface area contributed by atoms with Crippen LogP contribution in [0.1, 0.15) is 16.0 Å². The van der Waals surface area contributed by atoms with E-state index in [4.69, 9.17) is 11.6 Å². The van der Waals surface area contributed by atoms with Crippen molar-refractivity contribution >= 4 is 28.8 Å². The van der Waals surface area contributed by atoms with Crippen molar-refractivity contribution in [3.63, 3.8) is 0 Å². The number of likely N-dealkylation sites (N-methyl/N-ethyl adjacent to an activating group) is 1. The average molecular weight is 294 g/mol. The number of hydrogen-bond donors (Lipinski definition) is 0. The van der Waals surface area contributed by atoms with Crippen molar-refractivity contribution in [3.8, 4) is 0 Å². The van der Waals surface area contributed by atoms with E-state index in [-0.39, 0.29) is 5.91 Å². The second kappa shape index (κ2) is 6.22. The van der Waals surface area contributed by atoms with Crippen LogP contribution in [0.5, 0.6) is 0 Å². The van der Waals surface area contributed by atoms with Crippen LogP contribution in [0.3, 0.4) is 0 Å². The normalized spacial score (nSPS) is 10.5. The van der Waals surface area contributed by atoms with Gasteiger partial charge in [0.05, 0.1) is 17.3 Å². The summed E-state index contributed by atoms with van der Waals surface area (Å²) in [4.78, 5) is 15.0. The topological polar surface area (TPSA) is 20.3 Å². The number of carbonyl (C=O) groups excluding carboxylic acids is 1. The smallest absolute Gasteiger partial charge is 0.227 e. The van der Waals surface area contributed by atoms with Crippen molar-refractivity contribution in [3.05, 3.63) is 56.7 Å². The largest absolute Gasteiger partial charge is 0.340 e. The Morgan fingerprint density at radius 2 is 2.00 bits per heavy atom. The molecule has 1 aromatic heterocycles. The third kappa shape index (κ3) is 3.82. The fourth-order valence-electron chi connectivity index (χ4n) is 1.86. The quantitative estimate of drug-likeness (QED) is 0.837. The van der Waals surface area contributed by atoms with Gasteiger partial charge in [-0.2, -0.15) is 0 Å². The van der Waals surface area contributed by atoms with E-state index in [0.29, 0.717) is 13.0 Å². The van der Waals surface area contributed by atoms with E-state index in [1.54, 1.807) is 4.90 Å². The highest BCUT2D eigenvalue weighted by Gasteiger charge is 2.12. The highest BCUT2D eigenvalue weighted by atomic mass is 35.5. The summed E-state index contributed by atoms with van der Waals surface area (Å²) in [6, 6.07) is 11.8.